The molecule has 0 radical (unpaired) electrons. The van der Waals surface area contributed by atoms with Crippen molar-refractivity contribution < 1.29 is 18.7 Å². The summed E-state index contributed by atoms with van der Waals surface area (Å²) >= 11 is 0. The summed E-state index contributed by atoms with van der Waals surface area (Å²) in [6.45, 7) is 4.98. The molecular formula is C13H19NO4. The molecule has 0 spiro atoms. The van der Waals surface area contributed by atoms with Gasteiger partial charge in [-0.25, -0.2) is 4.79 Å². The molecule has 0 bridgehead atoms. The zero-order valence-corrected chi connectivity index (χ0v) is 10.8. The largest absolute Gasteiger partial charge is 0.465 e. The number of ether oxygens (including phenoxy) is 2. The highest BCUT2D eigenvalue weighted by Crippen LogP contribution is 2.16. The first-order valence-corrected chi connectivity index (χ1v) is 6.16. The van der Waals surface area contributed by atoms with Gasteiger partial charge in [-0.3, -0.25) is 0 Å². The third kappa shape index (κ3) is 3.11. The van der Waals surface area contributed by atoms with Crippen molar-refractivity contribution in [2.75, 3.05) is 26.9 Å². The van der Waals surface area contributed by atoms with Gasteiger partial charge in [0, 0.05) is 13.2 Å². The fraction of sp³-hybridized carbons (Fsp3) is 0.615. The average molecular weight is 253 g/mol. The molecule has 1 atom stereocenters. The summed E-state index contributed by atoms with van der Waals surface area (Å²) in [4.78, 5) is 11.4. The van der Waals surface area contributed by atoms with Crippen LogP contribution in [-0.4, -0.2) is 32.8 Å². The minimum Gasteiger partial charge on any atom is -0.465 e. The predicted octanol–water partition coefficient (Wildman–Crippen LogP) is 1.50. The van der Waals surface area contributed by atoms with Crippen molar-refractivity contribution in [2.45, 2.75) is 19.9 Å². The Balaban J connectivity index is 1.83. The van der Waals surface area contributed by atoms with Crippen LogP contribution in [0.1, 0.15) is 28.3 Å². The number of carbonyl (C=O) groups is 1. The first-order valence-electron chi connectivity index (χ1n) is 6.16. The monoisotopic (exact) mass is 253 g/mol. The number of hydrogen-bond donors (Lipinski definition) is 1. The number of rotatable bonds is 5. The molecule has 1 aliphatic heterocycles. The number of aryl methyl sites for hydroxylation is 1. The number of methoxy groups -OCH3 is 1. The van der Waals surface area contributed by atoms with Crippen molar-refractivity contribution >= 4 is 5.97 Å². The molecule has 2 rings (SSSR count). The summed E-state index contributed by atoms with van der Waals surface area (Å²) in [6.07, 6.45) is 1.11. The molecule has 0 amide bonds. The van der Waals surface area contributed by atoms with Gasteiger partial charge < -0.3 is 19.2 Å². The van der Waals surface area contributed by atoms with E-state index in [4.69, 9.17) is 9.15 Å². The van der Waals surface area contributed by atoms with Gasteiger partial charge in [0.1, 0.15) is 17.1 Å². The van der Waals surface area contributed by atoms with Crippen molar-refractivity contribution in [3.8, 4) is 0 Å². The summed E-state index contributed by atoms with van der Waals surface area (Å²) in [5.74, 6) is 1.59. The molecule has 1 unspecified atom stereocenters. The molecule has 1 aromatic rings. The molecule has 0 aromatic carbocycles. The summed E-state index contributed by atoms with van der Waals surface area (Å²) in [5, 5.41) is 3.32. The van der Waals surface area contributed by atoms with E-state index < -0.39 is 0 Å². The van der Waals surface area contributed by atoms with Crippen LogP contribution in [0.3, 0.4) is 0 Å². The van der Waals surface area contributed by atoms with Gasteiger partial charge in [0.15, 0.2) is 0 Å². The van der Waals surface area contributed by atoms with E-state index in [9.17, 15) is 4.79 Å². The second-order valence-corrected chi connectivity index (χ2v) is 4.53. The second-order valence-electron chi connectivity index (χ2n) is 4.53. The Labute approximate surface area is 106 Å². The van der Waals surface area contributed by atoms with E-state index in [1.54, 1.807) is 13.0 Å². The molecule has 1 saturated heterocycles. The Morgan fingerprint density at radius 2 is 2.44 bits per heavy atom. The van der Waals surface area contributed by atoms with Crippen LogP contribution in [-0.2, 0) is 16.0 Å². The topological polar surface area (TPSA) is 60.7 Å². The molecule has 1 N–H and O–H groups in total. The van der Waals surface area contributed by atoms with E-state index in [0.717, 1.165) is 31.9 Å². The number of hydrogen-bond acceptors (Lipinski definition) is 5. The number of carbonyl (C=O) groups excluding carboxylic acids is 1. The molecule has 1 aromatic heterocycles. The van der Waals surface area contributed by atoms with E-state index in [1.165, 1.54) is 7.11 Å². The van der Waals surface area contributed by atoms with Crippen LogP contribution < -0.4 is 5.32 Å². The zero-order chi connectivity index (χ0) is 13.0. The van der Waals surface area contributed by atoms with Gasteiger partial charge in [0.25, 0.3) is 0 Å². The fourth-order valence-electron chi connectivity index (χ4n) is 2.09. The molecule has 0 aliphatic carbocycles. The van der Waals surface area contributed by atoms with Crippen LogP contribution in [0.5, 0.6) is 0 Å². The molecule has 18 heavy (non-hydrogen) atoms. The van der Waals surface area contributed by atoms with Gasteiger partial charge in [0.05, 0.1) is 20.3 Å². The van der Waals surface area contributed by atoms with E-state index in [2.05, 4.69) is 10.1 Å². The molecule has 0 saturated carbocycles. The maximum atomic E-state index is 11.4. The molecule has 5 heteroatoms. The van der Waals surface area contributed by atoms with Crippen LogP contribution in [0.25, 0.3) is 0 Å². The van der Waals surface area contributed by atoms with Crippen molar-refractivity contribution in [2.24, 2.45) is 5.92 Å². The van der Waals surface area contributed by atoms with Gasteiger partial charge in [0.2, 0.25) is 0 Å². The summed E-state index contributed by atoms with van der Waals surface area (Å²) in [5.41, 5.74) is 0.499. The summed E-state index contributed by atoms with van der Waals surface area (Å²) < 4.78 is 15.5. The molecule has 5 nitrogen and oxygen atoms in total. The number of esters is 1. The van der Waals surface area contributed by atoms with Crippen LogP contribution in [0, 0.1) is 12.8 Å². The second kappa shape index (κ2) is 6.02. The Bertz CT molecular complexity index is 407. The highest BCUT2D eigenvalue weighted by atomic mass is 16.5. The fourth-order valence-corrected chi connectivity index (χ4v) is 2.09. The SMILES string of the molecule is COC(=O)c1cc(CNCC2CCOC2)oc1C. The highest BCUT2D eigenvalue weighted by molar-refractivity contribution is 5.90. The standard InChI is InChI=1S/C13H19NO4/c1-9-12(13(15)16-2)5-11(18-9)7-14-6-10-3-4-17-8-10/h5,10,14H,3-4,6-8H2,1-2H3. The smallest absolute Gasteiger partial charge is 0.341 e. The summed E-state index contributed by atoms with van der Waals surface area (Å²) in [7, 11) is 1.37. The minimum atomic E-state index is -0.355. The minimum absolute atomic E-state index is 0.355. The number of furan rings is 1. The predicted molar refractivity (Wildman–Crippen MR) is 65.4 cm³/mol. The Morgan fingerprint density at radius 3 is 3.11 bits per heavy atom. The lowest BCUT2D eigenvalue weighted by Gasteiger charge is -2.07. The van der Waals surface area contributed by atoms with Crippen molar-refractivity contribution in [1.29, 1.82) is 0 Å². The van der Waals surface area contributed by atoms with Crippen molar-refractivity contribution in [3.63, 3.8) is 0 Å². The number of nitrogens with one attached hydrogen (secondary N) is 1. The molecule has 2 heterocycles. The van der Waals surface area contributed by atoms with Crippen LogP contribution in [0.4, 0.5) is 0 Å². The van der Waals surface area contributed by atoms with Gasteiger partial charge in [-0.1, -0.05) is 0 Å². The Morgan fingerprint density at radius 1 is 1.61 bits per heavy atom. The first kappa shape index (κ1) is 13.1. The summed E-state index contributed by atoms with van der Waals surface area (Å²) in [6, 6.07) is 1.74. The Hall–Kier alpha value is -1.33. The average Bonchev–Trinajstić information content (AvgIpc) is 2.98. The van der Waals surface area contributed by atoms with E-state index in [-0.39, 0.29) is 5.97 Å². The Kier molecular flexibility index (Phi) is 4.38. The lowest BCUT2D eigenvalue weighted by molar-refractivity contribution is 0.0599. The van der Waals surface area contributed by atoms with Gasteiger partial charge in [-0.05, 0) is 25.3 Å². The lowest BCUT2D eigenvalue weighted by Crippen LogP contribution is -2.22. The van der Waals surface area contributed by atoms with E-state index >= 15 is 0 Å². The maximum absolute atomic E-state index is 11.4. The molecular weight excluding hydrogens is 234 g/mol. The quantitative estimate of drug-likeness (QED) is 0.806. The van der Waals surface area contributed by atoms with Gasteiger partial charge >= 0.3 is 5.97 Å². The maximum Gasteiger partial charge on any atom is 0.341 e. The van der Waals surface area contributed by atoms with Gasteiger partial charge in [-0.2, -0.15) is 0 Å². The van der Waals surface area contributed by atoms with Crippen molar-refractivity contribution in [3.05, 3.63) is 23.2 Å². The third-order valence-electron chi connectivity index (χ3n) is 3.13. The van der Waals surface area contributed by atoms with Crippen LogP contribution in [0.2, 0.25) is 0 Å². The molecule has 1 aliphatic rings. The first-order chi connectivity index (χ1) is 8.70. The zero-order valence-electron chi connectivity index (χ0n) is 10.8. The van der Waals surface area contributed by atoms with Crippen molar-refractivity contribution in [1.82, 2.24) is 5.32 Å². The normalized spacial score (nSPS) is 19.1. The van der Waals surface area contributed by atoms with Crippen LogP contribution >= 0.6 is 0 Å². The lowest BCUT2D eigenvalue weighted by atomic mass is 10.1. The highest BCUT2D eigenvalue weighted by Gasteiger charge is 2.17. The van der Waals surface area contributed by atoms with Gasteiger partial charge in [-0.15, -0.1) is 0 Å². The van der Waals surface area contributed by atoms with Crippen LogP contribution in [0.15, 0.2) is 10.5 Å². The molecule has 100 valence electrons. The third-order valence-corrected chi connectivity index (χ3v) is 3.13. The van der Waals surface area contributed by atoms with E-state index in [1.807, 2.05) is 0 Å². The molecule has 1 fully saturated rings. The van der Waals surface area contributed by atoms with E-state index in [0.29, 0.717) is 23.8 Å².